The first-order valence-electron chi connectivity index (χ1n) is 11.9. The Hall–Kier alpha value is -3.02. The largest absolute Gasteiger partial charge is 0.483 e. The molecule has 0 radical (unpaired) electrons. The van der Waals surface area contributed by atoms with Gasteiger partial charge >= 0.3 is 0 Å². The van der Waals surface area contributed by atoms with Crippen LogP contribution in [0.15, 0.2) is 66.7 Å². The summed E-state index contributed by atoms with van der Waals surface area (Å²) in [5, 5.41) is 3.82. The summed E-state index contributed by atoms with van der Waals surface area (Å²) in [5.74, 6) is 0.0363. The smallest absolute Gasteiger partial charge is 0.261 e. The van der Waals surface area contributed by atoms with E-state index < -0.39 is 6.04 Å². The van der Waals surface area contributed by atoms with Crippen molar-refractivity contribution >= 4 is 35.0 Å². The number of amides is 2. The fraction of sp³-hybridized carbons (Fsp3) is 0.310. The number of nitrogens with one attached hydrogen (secondary N) is 1. The Labute approximate surface area is 223 Å². The number of carbonyl (C=O) groups excluding carboxylic acids is 2. The fourth-order valence-electron chi connectivity index (χ4n) is 3.87. The molecule has 7 heteroatoms. The van der Waals surface area contributed by atoms with E-state index in [4.69, 9.17) is 27.9 Å². The molecule has 36 heavy (non-hydrogen) atoms. The minimum absolute atomic E-state index is 0.0660. The molecule has 0 saturated carbocycles. The maximum Gasteiger partial charge on any atom is 0.261 e. The number of benzene rings is 3. The van der Waals surface area contributed by atoms with Crippen LogP contribution in [0.4, 0.5) is 0 Å². The number of nitrogens with zero attached hydrogens (tertiary/aromatic N) is 1. The SMILES string of the molecule is Cc1ccc(C)c(OCC(=O)N(Cc2c(Cl)cccc2Cl)[C@@H](Cc2ccccc2)C(=O)NC(C)C)c1. The van der Waals surface area contributed by atoms with Crippen molar-refractivity contribution in [2.75, 3.05) is 6.61 Å². The summed E-state index contributed by atoms with van der Waals surface area (Å²) in [6.45, 7) is 7.50. The molecule has 0 aliphatic rings. The van der Waals surface area contributed by atoms with Gasteiger partial charge in [0, 0.05) is 34.6 Å². The molecule has 2 amide bonds. The van der Waals surface area contributed by atoms with Gasteiger partial charge in [0.2, 0.25) is 5.91 Å². The van der Waals surface area contributed by atoms with Crippen LogP contribution >= 0.6 is 23.2 Å². The van der Waals surface area contributed by atoms with Gasteiger partial charge in [0.25, 0.3) is 5.91 Å². The third-order valence-corrected chi connectivity index (χ3v) is 6.50. The van der Waals surface area contributed by atoms with Crippen molar-refractivity contribution in [2.45, 2.75) is 52.7 Å². The summed E-state index contributed by atoms with van der Waals surface area (Å²) in [6, 6.07) is 19.7. The lowest BCUT2D eigenvalue weighted by atomic mass is 10.0. The highest BCUT2D eigenvalue weighted by Gasteiger charge is 2.32. The molecule has 3 rings (SSSR count). The number of aryl methyl sites for hydroxylation is 2. The number of hydrogen-bond acceptors (Lipinski definition) is 3. The van der Waals surface area contributed by atoms with Gasteiger partial charge in [-0.1, -0.05) is 71.7 Å². The summed E-state index contributed by atoms with van der Waals surface area (Å²) in [6.07, 6.45) is 0.330. The lowest BCUT2D eigenvalue weighted by molar-refractivity contribution is -0.143. The minimum Gasteiger partial charge on any atom is -0.483 e. The Morgan fingerprint density at radius 1 is 0.944 bits per heavy atom. The van der Waals surface area contributed by atoms with Gasteiger partial charge < -0.3 is 15.0 Å². The second kappa shape index (κ2) is 12.8. The van der Waals surface area contributed by atoms with Gasteiger partial charge in [-0.2, -0.15) is 0 Å². The van der Waals surface area contributed by atoms with Crippen molar-refractivity contribution in [1.82, 2.24) is 10.2 Å². The lowest BCUT2D eigenvalue weighted by Gasteiger charge is -2.32. The van der Waals surface area contributed by atoms with E-state index in [1.807, 2.05) is 76.2 Å². The van der Waals surface area contributed by atoms with E-state index in [0.29, 0.717) is 27.8 Å². The number of ether oxygens (including phenoxy) is 1. The Bertz CT molecular complexity index is 1180. The molecule has 3 aromatic carbocycles. The van der Waals surface area contributed by atoms with Gasteiger partial charge in [0.15, 0.2) is 6.61 Å². The van der Waals surface area contributed by atoms with E-state index in [0.717, 1.165) is 16.7 Å². The van der Waals surface area contributed by atoms with E-state index in [9.17, 15) is 9.59 Å². The van der Waals surface area contributed by atoms with Crippen molar-refractivity contribution in [1.29, 1.82) is 0 Å². The average Bonchev–Trinajstić information content (AvgIpc) is 2.83. The predicted octanol–water partition coefficient (Wildman–Crippen LogP) is 6.15. The molecule has 1 atom stereocenters. The highest BCUT2D eigenvalue weighted by molar-refractivity contribution is 6.36. The molecule has 5 nitrogen and oxygen atoms in total. The molecule has 0 fully saturated rings. The van der Waals surface area contributed by atoms with Crippen LogP contribution in [-0.4, -0.2) is 35.4 Å². The molecule has 0 aromatic heterocycles. The van der Waals surface area contributed by atoms with Gasteiger partial charge in [-0.25, -0.2) is 0 Å². The van der Waals surface area contributed by atoms with Gasteiger partial charge in [-0.15, -0.1) is 0 Å². The lowest BCUT2D eigenvalue weighted by Crippen LogP contribution is -2.53. The second-order valence-corrected chi connectivity index (χ2v) is 9.96. The zero-order chi connectivity index (χ0) is 26.2. The van der Waals surface area contributed by atoms with Gasteiger partial charge in [0.05, 0.1) is 0 Å². The van der Waals surface area contributed by atoms with Gasteiger partial charge in [0.1, 0.15) is 11.8 Å². The number of rotatable bonds is 10. The Morgan fingerprint density at radius 3 is 2.25 bits per heavy atom. The van der Waals surface area contributed by atoms with Crippen LogP contribution in [0.2, 0.25) is 10.0 Å². The van der Waals surface area contributed by atoms with Crippen LogP contribution in [-0.2, 0) is 22.6 Å². The summed E-state index contributed by atoms with van der Waals surface area (Å²) < 4.78 is 5.93. The first kappa shape index (κ1) is 27.6. The number of halogens is 2. The molecule has 0 heterocycles. The van der Waals surface area contributed by atoms with Crippen LogP contribution in [0.25, 0.3) is 0 Å². The number of hydrogen-bond donors (Lipinski definition) is 1. The van der Waals surface area contributed by atoms with Crippen molar-refractivity contribution in [3.05, 3.63) is 99.0 Å². The molecular formula is C29H32Cl2N2O3. The molecular weight excluding hydrogens is 495 g/mol. The number of carbonyl (C=O) groups is 2. The molecule has 0 saturated heterocycles. The molecule has 3 aromatic rings. The highest BCUT2D eigenvalue weighted by Crippen LogP contribution is 2.27. The van der Waals surface area contributed by atoms with E-state index in [-0.39, 0.29) is 31.0 Å². The standard InChI is InChI=1S/C29H32Cl2N2O3/c1-19(2)32-29(35)26(16-22-9-6-5-7-10-22)33(17-23-24(30)11-8-12-25(23)31)28(34)18-36-27-15-20(3)13-14-21(27)4/h5-15,19,26H,16-18H2,1-4H3,(H,32,35)/t26-/m0/s1. The Morgan fingerprint density at radius 2 is 1.61 bits per heavy atom. The third-order valence-electron chi connectivity index (χ3n) is 5.79. The second-order valence-electron chi connectivity index (χ2n) is 9.15. The minimum atomic E-state index is -0.795. The quantitative estimate of drug-likeness (QED) is 0.344. The van der Waals surface area contributed by atoms with Crippen molar-refractivity contribution in [2.24, 2.45) is 0 Å². The fourth-order valence-corrected chi connectivity index (χ4v) is 4.39. The normalized spacial score (nSPS) is 11.8. The monoisotopic (exact) mass is 526 g/mol. The van der Waals surface area contributed by atoms with Crippen molar-refractivity contribution in [3.63, 3.8) is 0 Å². The summed E-state index contributed by atoms with van der Waals surface area (Å²) in [5.41, 5.74) is 3.46. The topological polar surface area (TPSA) is 58.6 Å². The third kappa shape index (κ3) is 7.49. The Kier molecular flexibility index (Phi) is 9.80. The highest BCUT2D eigenvalue weighted by atomic mass is 35.5. The van der Waals surface area contributed by atoms with Crippen LogP contribution in [0.1, 0.15) is 36.1 Å². The average molecular weight is 527 g/mol. The van der Waals surface area contributed by atoms with E-state index in [2.05, 4.69) is 5.32 Å². The maximum atomic E-state index is 13.7. The summed E-state index contributed by atoms with van der Waals surface area (Å²) >= 11 is 12.9. The van der Waals surface area contributed by atoms with E-state index >= 15 is 0 Å². The molecule has 0 aliphatic heterocycles. The van der Waals surface area contributed by atoms with Crippen molar-refractivity contribution < 1.29 is 14.3 Å². The summed E-state index contributed by atoms with van der Waals surface area (Å²) in [7, 11) is 0. The van der Waals surface area contributed by atoms with Gasteiger partial charge in [-0.3, -0.25) is 9.59 Å². The molecule has 0 bridgehead atoms. The maximum absolute atomic E-state index is 13.7. The van der Waals surface area contributed by atoms with Crippen LogP contribution in [0, 0.1) is 13.8 Å². The van der Waals surface area contributed by atoms with Crippen LogP contribution < -0.4 is 10.1 Å². The molecule has 0 unspecified atom stereocenters. The van der Waals surface area contributed by atoms with Crippen molar-refractivity contribution in [3.8, 4) is 5.75 Å². The van der Waals surface area contributed by atoms with E-state index in [1.54, 1.807) is 18.2 Å². The first-order valence-corrected chi connectivity index (χ1v) is 12.7. The zero-order valence-electron chi connectivity index (χ0n) is 21.1. The molecule has 0 spiro atoms. The zero-order valence-corrected chi connectivity index (χ0v) is 22.6. The van der Waals surface area contributed by atoms with E-state index in [1.165, 1.54) is 4.90 Å². The van der Waals surface area contributed by atoms with Gasteiger partial charge in [-0.05, 0) is 62.6 Å². The predicted molar refractivity (Wildman–Crippen MR) is 146 cm³/mol. The first-order chi connectivity index (χ1) is 17.2. The van der Waals surface area contributed by atoms with Crippen LogP contribution in [0.3, 0.4) is 0 Å². The molecule has 1 N–H and O–H groups in total. The molecule has 0 aliphatic carbocycles. The molecule has 190 valence electrons. The van der Waals surface area contributed by atoms with Crippen LogP contribution in [0.5, 0.6) is 5.75 Å². The summed E-state index contributed by atoms with van der Waals surface area (Å²) in [4.78, 5) is 28.6. The Balaban J connectivity index is 1.97.